The fourth-order valence-electron chi connectivity index (χ4n) is 3.90. The van der Waals surface area contributed by atoms with E-state index in [1.54, 1.807) is 54.4 Å². The van der Waals surface area contributed by atoms with Crippen LogP contribution in [0, 0.1) is 0 Å². The first-order valence-corrected chi connectivity index (χ1v) is 12.7. The van der Waals surface area contributed by atoms with E-state index in [1.165, 1.54) is 29.1 Å². The van der Waals surface area contributed by atoms with Crippen LogP contribution in [0.3, 0.4) is 0 Å². The van der Waals surface area contributed by atoms with Gasteiger partial charge in [0.2, 0.25) is 0 Å². The highest BCUT2D eigenvalue weighted by Crippen LogP contribution is 2.30. The molecule has 172 valence electrons. The molecule has 1 atom stereocenters. The van der Waals surface area contributed by atoms with Gasteiger partial charge in [-0.3, -0.25) is 14.5 Å². The first kappa shape index (κ1) is 23.1. The van der Waals surface area contributed by atoms with Crippen LogP contribution in [0.15, 0.2) is 53.4 Å². The molecule has 33 heavy (non-hydrogen) atoms. The van der Waals surface area contributed by atoms with E-state index in [2.05, 4.69) is 10.3 Å². The largest absolute Gasteiger partial charge is 0.449 e. The first-order chi connectivity index (χ1) is 16.0. The Morgan fingerprint density at radius 1 is 1.09 bits per heavy atom. The molecule has 0 spiro atoms. The minimum atomic E-state index is -0.965. The molecule has 1 aromatic carbocycles. The van der Waals surface area contributed by atoms with Gasteiger partial charge < -0.3 is 10.1 Å². The van der Waals surface area contributed by atoms with Crippen molar-refractivity contribution in [2.45, 2.75) is 51.2 Å². The van der Waals surface area contributed by atoms with Gasteiger partial charge >= 0.3 is 5.97 Å². The maximum atomic E-state index is 13.3. The molecule has 2 amide bonds. The number of esters is 1. The van der Waals surface area contributed by atoms with Crippen molar-refractivity contribution in [3.63, 3.8) is 0 Å². The Hall–Kier alpha value is -3.04. The second-order valence-electron chi connectivity index (χ2n) is 7.87. The third-order valence-electron chi connectivity index (χ3n) is 5.54. The lowest BCUT2D eigenvalue weighted by atomic mass is 9.94. The number of thiophene rings is 1. The third-order valence-corrected chi connectivity index (χ3v) is 7.17. The Kier molecular flexibility index (Phi) is 7.51. The third kappa shape index (κ3) is 5.66. The SMILES string of the molecule is CC(OC(=O)c1cccc(NC(=O)c2cccs2)c1)C(=O)N(c1nccs1)C1CCCCC1. The zero-order chi connectivity index (χ0) is 23.2. The average Bonchev–Trinajstić information content (AvgIpc) is 3.55. The van der Waals surface area contributed by atoms with Crippen LogP contribution in [0.25, 0.3) is 0 Å². The van der Waals surface area contributed by atoms with Crippen LogP contribution in [0.2, 0.25) is 0 Å². The molecule has 4 rings (SSSR count). The summed E-state index contributed by atoms with van der Waals surface area (Å²) < 4.78 is 5.54. The molecule has 0 radical (unpaired) electrons. The van der Waals surface area contributed by atoms with Crippen LogP contribution in [0.5, 0.6) is 0 Å². The number of carbonyl (C=O) groups excluding carboxylic acids is 3. The zero-order valence-electron chi connectivity index (χ0n) is 18.2. The van der Waals surface area contributed by atoms with Crippen molar-refractivity contribution in [3.8, 4) is 0 Å². The quantitative estimate of drug-likeness (QED) is 0.457. The smallest absolute Gasteiger partial charge is 0.338 e. The summed E-state index contributed by atoms with van der Waals surface area (Å²) in [5.41, 5.74) is 0.741. The highest BCUT2D eigenvalue weighted by Gasteiger charge is 2.33. The molecule has 7 nitrogen and oxygen atoms in total. The van der Waals surface area contributed by atoms with Crippen molar-refractivity contribution in [3.05, 3.63) is 63.8 Å². The van der Waals surface area contributed by atoms with Gasteiger partial charge in [0.15, 0.2) is 11.2 Å². The summed E-state index contributed by atoms with van der Waals surface area (Å²) in [4.78, 5) is 45.0. The van der Waals surface area contributed by atoms with E-state index in [0.29, 0.717) is 15.7 Å². The fourth-order valence-corrected chi connectivity index (χ4v) is 5.24. The number of hydrogen-bond acceptors (Lipinski definition) is 7. The molecule has 2 heterocycles. The van der Waals surface area contributed by atoms with Gasteiger partial charge in [-0.05, 0) is 49.4 Å². The lowest BCUT2D eigenvalue weighted by Gasteiger charge is -2.33. The fraction of sp³-hybridized carbons (Fsp3) is 0.333. The number of amides is 2. The molecule has 2 aromatic heterocycles. The van der Waals surface area contributed by atoms with Gasteiger partial charge in [-0.2, -0.15) is 0 Å². The highest BCUT2D eigenvalue weighted by atomic mass is 32.1. The lowest BCUT2D eigenvalue weighted by Crippen LogP contribution is -2.47. The van der Waals surface area contributed by atoms with Crippen LogP contribution < -0.4 is 10.2 Å². The molecular formula is C24H25N3O4S2. The van der Waals surface area contributed by atoms with Crippen LogP contribution in [-0.4, -0.2) is 34.9 Å². The zero-order valence-corrected chi connectivity index (χ0v) is 19.9. The van der Waals surface area contributed by atoms with Crippen LogP contribution >= 0.6 is 22.7 Å². The number of ether oxygens (including phenoxy) is 1. The van der Waals surface area contributed by atoms with Crippen molar-refractivity contribution in [2.75, 3.05) is 10.2 Å². The first-order valence-electron chi connectivity index (χ1n) is 10.9. The minimum Gasteiger partial charge on any atom is -0.449 e. The normalized spacial score (nSPS) is 14.9. The maximum absolute atomic E-state index is 13.3. The average molecular weight is 484 g/mol. The molecule has 1 fully saturated rings. The Labute approximate surface area is 200 Å². The summed E-state index contributed by atoms with van der Waals surface area (Å²) >= 11 is 2.74. The lowest BCUT2D eigenvalue weighted by molar-refractivity contribution is -0.127. The molecule has 0 saturated heterocycles. The number of nitrogens with zero attached hydrogens (tertiary/aromatic N) is 2. The molecule has 3 aromatic rings. The van der Waals surface area contributed by atoms with Gasteiger partial charge in [-0.25, -0.2) is 9.78 Å². The van der Waals surface area contributed by atoms with Crippen molar-refractivity contribution in [2.24, 2.45) is 0 Å². The van der Waals surface area contributed by atoms with Crippen LogP contribution in [0.1, 0.15) is 59.1 Å². The molecule has 1 N–H and O–H groups in total. The summed E-state index contributed by atoms with van der Waals surface area (Å²) in [5, 5.41) is 7.07. The summed E-state index contributed by atoms with van der Waals surface area (Å²) in [6, 6.07) is 10.1. The van der Waals surface area contributed by atoms with Crippen LogP contribution in [0.4, 0.5) is 10.8 Å². The second-order valence-corrected chi connectivity index (χ2v) is 9.70. The predicted molar refractivity (Wildman–Crippen MR) is 130 cm³/mol. The van der Waals surface area contributed by atoms with Gasteiger partial charge in [0.1, 0.15) is 0 Å². The number of nitrogens with one attached hydrogen (secondary N) is 1. The van der Waals surface area contributed by atoms with Crippen molar-refractivity contribution < 1.29 is 19.1 Å². The maximum Gasteiger partial charge on any atom is 0.338 e. The number of carbonyl (C=O) groups is 3. The topological polar surface area (TPSA) is 88.6 Å². The Bertz CT molecular complexity index is 1090. The van der Waals surface area contributed by atoms with Gasteiger partial charge in [0.05, 0.1) is 10.4 Å². The van der Waals surface area contributed by atoms with Crippen molar-refractivity contribution in [1.29, 1.82) is 0 Å². The van der Waals surface area contributed by atoms with E-state index < -0.39 is 12.1 Å². The monoisotopic (exact) mass is 483 g/mol. The summed E-state index contributed by atoms with van der Waals surface area (Å²) in [7, 11) is 0. The van der Waals surface area contributed by atoms with E-state index in [1.807, 2.05) is 10.8 Å². The summed E-state index contributed by atoms with van der Waals surface area (Å²) in [6.07, 6.45) is 5.84. The number of aromatic nitrogens is 1. The van der Waals surface area contributed by atoms with E-state index in [0.717, 1.165) is 25.7 Å². The number of benzene rings is 1. The van der Waals surface area contributed by atoms with Crippen molar-refractivity contribution in [1.82, 2.24) is 4.98 Å². The molecule has 1 saturated carbocycles. The van der Waals surface area contributed by atoms with E-state index in [-0.39, 0.29) is 23.4 Å². The number of rotatable bonds is 7. The predicted octanol–water partition coefficient (Wildman–Crippen LogP) is 5.37. The highest BCUT2D eigenvalue weighted by molar-refractivity contribution is 7.13. The minimum absolute atomic E-state index is 0.0642. The Morgan fingerprint density at radius 2 is 1.91 bits per heavy atom. The Balaban J connectivity index is 1.44. The Morgan fingerprint density at radius 3 is 2.61 bits per heavy atom. The van der Waals surface area contributed by atoms with E-state index in [4.69, 9.17) is 4.74 Å². The van der Waals surface area contributed by atoms with Gasteiger partial charge in [-0.1, -0.05) is 31.4 Å². The number of anilines is 2. The summed E-state index contributed by atoms with van der Waals surface area (Å²) in [6.45, 7) is 1.59. The number of hydrogen-bond donors (Lipinski definition) is 1. The molecule has 1 aliphatic carbocycles. The van der Waals surface area contributed by atoms with Crippen molar-refractivity contribution >= 4 is 51.3 Å². The molecule has 0 aliphatic heterocycles. The van der Waals surface area contributed by atoms with Gasteiger partial charge in [0.25, 0.3) is 11.8 Å². The van der Waals surface area contributed by atoms with E-state index in [9.17, 15) is 14.4 Å². The molecular weight excluding hydrogens is 458 g/mol. The summed E-state index contributed by atoms with van der Waals surface area (Å²) in [5.74, 6) is -1.14. The van der Waals surface area contributed by atoms with Crippen LogP contribution in [-0.2, 0) is 9.53 Å². The molecule has 9 heteroatoms. The van der Waals surface area contributed by atoms with Gasteiger partial charge in [0, 0.05) is 23.3 Å². The van der Waals surface area contributed by atoms with Gasteiger partial charge in [-0.15, -0.1) is 22.7 Å². The molecule has 1 unspecified atom stereocenters. The second kappa shape index (κ2) is 10.7. The molecule has 0 bridgehead atoms. The van der Waals surface area contributed by atoms with E-state index >= 15 is 0 Å². The number of thiazole rings is 1. The standard InChI is InChI=1S/C24H25N3O4S2/c1-16(22(29)27(24-25-12-14-33-24)19-9-3-2-4-10-19)31-23(30)17-7-5-8-18(15-17)26-21(28)20-11-6-13-32-20/h5-8,11-16,19H,2-4,9-10H2,1H3,(H,26,28). The molecule has 1 aliphatic rings.